The van der Waals surface area contributed by atoms with Crippen LogP contribution in [0.5, 0.6) is 0 Å². The van der Waals surface area contributed by atoms with E-state index in [2.05, 4.69) is 181 Å². The first-order chi connectivity index (χ1) is 22.1. The number of hydrogen-bond acceptors (Lipinski definition) is 1. The van der Waals surface area contributed by atoms with Crippen LogP contribution in [0.15, 0.2) is 158 Å². The Morgan fingerprint density at radius 2 is 1.04 bits per heavy atom. The third kappa shape index (κ3) is 3.89. The fourth-order valence-electron chi connectivity index (χ4n) is 7.54. The van der Waals surface area contributed by atoms with Crippen molar-refractivity contribution >= 4 is 49.6 Å². The van der Waals surface area contributed by atoms with Crippen molar-refractivity contribution < 1.29 is 0 Å². The smallest absolute Gasteiger partial charge is 0.0561 e. The van der Waals surface area contributed by atoms with Crippen molar-refractivity contribution in [2.75, 3.05) is 4.90 Å². The average molecular weight is 577 g/mol. The number of rotatable bonds is 4. The molecule has 0 bridgehead atoms. The molecule has 45 heavy (non-hydrogen) atoms. The second-order valence-electron chi connectivity index (χ2n) is 12.7. The lowest BCUT2D eigenvalue weighted by Gasteiger charge is -2.27. The predicted molar refractivity (Wildman–Crippen MR) is 191 cm³/mol. The monoisotopic (exact) mass is 576 g/mol. The van der Waals surface area contributed by atoms with Crippen LogP contribution < -0.4 is 4.90 Å². The van der Waals surface area contributed by atoms with Gasteiger partial charge in [-0.05, 0) is 99.8 Å². The van der Waals surface area contributed by atoms with Gasteiger partial charge in [0.1, 0.15) is 0 Å². The Bertz CT molecular complexity index is 2400. The molecule has 1 aliphatic carbocycles. The highest BCUT2D eigenvalue weighted by molar-refractivity contribution is 6.10. The van der Waals surface area contributed by atoms with Gasteiger partial charge in [-0.2, -0.15) is 0 Å². The van der Waals surface area contributed by atoms with Crippen molar-refractivity contribution in [3.8, 4) is 16.8 Å². The van der Waals surface area contributed by atoms with Crippen LogP contribution in [0.2, 0.25) is 0 Å². The van der Waals surface area contributed by atoms with Crippen LogP contribution in [0.1, 0.15) is 25.0 Å². The van der Waals surface area contributed by atoms with E-state index in [0.717, 1.165) is 22.7 Å². The molecule has 0 atom stereocenters. The van der Waals surface area contributed by atoms with Gasteiger partial charge >= 0.3 is 0 Å². The van der Waals surface area contributed by atoms with Crippen LogP contribution in [-0.4, -0.2) is 4.57 Å². The van der Waals surface area contributed by atoms with Gasteiger partial charge < -0.3 is 9.47 Å². The van der Waals surface area contributed by atoms with Crippen LogP contribution >= 0.6 is 0 Å². The Kier molecular flexibility index (Phi) is 5.58. The van der Waals surface area contributed by atoms with Gasteiger partial charge in [-0.15, -0.1) is 0 Å². The molecule has 0 radical (unpaired) electrons. The van der Waals surface area contributed by atoms with E-state index < -0.39 is 0 Å². The number of nitrogens with zero attached hydrogens (tertiary/aromatic N) is 2. The van der Waals surface area contributed by atoms with Crippen molar-refractivity contribution in [2.45, 2.75) is 19.3 Å². The summed E-state index contributed by atoms with van der Waals surface area (Å²) >= 11 is 0. The maximum absolute atomic E-state index is 2.40. The van der Waals surface area contributed by atoms with Crippen molar-refractivity contribution in [1.82, 2.24) is 4.57 Å². The highest BCUT2D eigenvalue weighted by Crippen LogP contribution is 2.52. The van der Waals surface area contributed by atoms with E-state index in [1.807, 2.05) is 0 Å². The first kappa shape index (κ1) is 25.9. The lowest BCUT2D eigenvalue weighted by molar-refractivity contribution is 0.661. The number of hydrogen-bond donors (Lipinski definition) is 0. The van der Waals surface area contributed by atoms with Gasteiger partial charge in [0.05, 0.1) is 11.0 Å². The molecule has 2 nitrogen and oxygen atoms in total. The Hall–Kier alpha value is -5.60. The van der Waals surface area contributed by atoms with E-state index in [9.17, 15) is 0 Å². The molecule has 0 saturated carbocycles. The van der Waals surface area contributed by atoms with Crippen LogP contribution in [0.3, 0.4) is 0 Å². The molecular formula is C43H32N2. The molecule has 0 saturated heterocycles. The molecule has 214 valence electrons. The maximum atomic E-state index is 2.40. The first-order valence-electron chi connectivity index (χ1n) is 15.7. The van der Waals surface area contributed by atoms with Crippen molar-refractivity contribution in [3.05, 3.63) is 169 Å². The van der Waals surface area contributed by atoms with Crippen LogP contribution in [0, 0.1) is 0 Å². The van der Waals surface area contributed by atoms with E-state index in [-0.39, 0.29) is 5.41 Å². The Morgan fingerprint density at radius 3 is 1.84 bits per heavy atom. The van der Waals surface area contributed by atoms with Gasteiger partial charge in [-0.25, -0.2) is 0 Å². The average Bonchev–Trinajstić information content (AvgIpc) is 3.52. The standard InChI is InChI=1S/C43H32N2/c1-43(2)39-24-22-33(27-38(39)37-25-29-13-9-10-14-30(29)26-40(37)43)44(31-15-5-3-6-16-31)34-21-23-36-35-19-11-12-20-41(35)45(42(36)28-34)32-17-7-4-8-18-32/h3-28H,1-2H3. The summed E-state index contributed by atoms with van der Waals surface area (Å²) in [6.07, 6.45) is 0. The fraction of sp³-hybridized carbons (Fsp3) is 0.0698. The number of fused-ring (bicyclic) bond motifs is 7. The Morgan fingerprint density at radius 1 is 0.444 bits per heavy atom. The summed E-state index contributed by atoms with van der Waals surface area (Å²) in [6.45, 7) is 4.72. The number of benzene rings is 7. The van der Waals surface area contributed by atoms with Crippen LogP contribution in [0.25, 0.3) is 49.4 Å². The number of para-hydroxylation sites is 3. The summed E-state index contributed by atoms with van der Waals surface area (Å²) < 4.78 is 2.39. The van der Waals surface area contributed by atoms with E-state index in [4.69, 9.17) is 0 Å². The summed E-state index contributed by atoms with van der Waals surface area (Å²) in [5.74, 6) is 0. The van der Waals surface area contributed by atoms with Gasteiger partial charge in [0.25, 0.3) is 0 Å². The lowest BCUT2D eigenvalue weighted by atomic mass is 9.82. The van der Waals surface area contributed by atoms with Crippen molar-refractivity contribution in [2.24, 2.45) is 0 Å². The molecule has 7 aromatic carbocycles. The number of anilines is 3. The quantitative estimate of drug-likeness (QED) is 0.202. The summed E-state index contributed by atoms with van der Waals surface area (Å²) in [5.41, 5.74) is 12.3. The fourth-order valence-corrected chi connectivity index (χ4v) is 7.54. The van der Waals surface area contributed by atoms with Gasteiger partial charge in [-0.3, -0.25) is 0 Å². The van der Waals surface area contributed by atoms with Crippen LogP contribution in [0.4, 0.5) is 17.1 Å². The van der Waals surface area contributed by atoms with E-state index in [1.54, 1.807) is 0 Å². The lowest BCUT2D eigenvalue weighted by Crippen LogP contribution is -2.15. The van der Waals surface area contributed by atoms with E-state index >= 15 is 0 Å². The minimum absolute atomic E-state index is 0.0691. The SMILES string of the molecule is CC1(C)c2ccc(N(c3ccccc3)c3ccc4c5ccccc5n(-c5ccccc5)c4c3)cc2-c2cc3ccccc3cc21. The number of aromatic nitrogens is 1. The first-order valence-corrected chi connectivity index (χ1v) is 15.7. The zero-order valence-electron chi connectivity index (χ0n) is 25.4. The zero-order chi connectivity index (χ0) is 30.1. The maximum Gasteiger partial charge on any atom is 0.0561 e. The Balaban J connectivity index is 1.28. The van der Waals surface area contributed by atoms with Gasteiger partial charge in [0.15, 0.2) is 0 Å². The highest BCUT2D eigenvalue weighted by Gasteiger charge is 2.36. The topological polar surface area (TPSA) is 8.17 Å². The second kappa shape index (κ2) is 9.70. The molecule has 9 rings (SSSR count). The third-order valence-corrected chi connectivity index (χ3v) is 9.73. The minimum atomic E-state index is -0.0691. The van der Waals surface area contributed by atoms with Crippen molar-refractivity contribution in [3.63, 3.8) is 0 Å². The second-order valence-corrected chi connectivity index (χ2v) is 12.7. The molecule has 1 aromatic heterocycles. The highest BCUT2D eigenvalue weighted by atomic mass is 15.1. The summed E-state index contributed by atoms with van der Waals surface area (Å²) in [5, 5.41) is 5.09. The summed E-state index contributed by atoms with van der Waals surface area (Å²) in [6, 6.07) is 57.6. The van der Waals surface area contributed by atoms with E-state index in [1.165, 1.54) is 54.8 Å². The largest absolute Gasteiger partial charge is 0.310 e. The summed E-state index contributed by atoms with van der Waals surface area (Å²) in [4.78, 5) is 2.40. The third-order valence-electron chi connectivity index (χ3n) is 9.73. The molecule has 0 fully saturated rings. The molecule has 0 aliphatic heterocycles. The molecule has 1 aliphatic rings. The van der Waals surface area contributed by atoms with Gasteiger partial charge in [0, 0.05) is 38.9 Å². The molecule has 1 heterocycles. The van der Waals surface area contributed by atoms with Crippen molar-refractivity contribution in [1.29, 1.82) is 0 Å². The molecule has 8 aromatic rings. The minimum Gasteiger partial charge on any atom is -0.310 e. The molecule has 2 heteroatoms. The van der Waals surface area contributed by atoms with Gasteiger partial charge in [0.2, 0.25) is 0 Å². The molecule has 0 N–H and O–H groups in total. The predicted octanol–water partition coefficient (Wildman–Crippen LogP) is 11.7. The Labute approximate surface area is 263 Å². The van der Waals surface area contributed by atoms with E-state index in [0.29, 0.717) is 0 Å². The van der Waals surface area contributed by atoms with Gasteiger partial charge in [-0.1, -0.05) is 105 Å². The summed E-state index contributed by atoms with van der Waals surface area (Å²) in [7, 11) is 0. The molecule has 0 amide bonds. The molecular weight excluding hydrogens is 544 g/mol. The zero-order valence-corrected chi connectivity index (χ0v) is 25.4. The molecule has 0 unspecified atom stereocenters. The normalized spacial score (nSPS) is 13.3. The molecule has 0 spiro atoms. The van der Waals surface area contributed by atoms with Crippen LogP contribution in [-0.2, 0) is 5.41 Å².